The Labute approximate surface area is 310 Å². The third kappa shape index (κ3) is 20.7. The molecule has 0 aliphatic carbocycles. The van der Waals surface area contributed by atoms with E-state index in [0.29, 0.717) is 6.54 Å². The van der Waals surface area contributed by atoms with Gasteiger partial charge in [0, 0.05) is 33.0 Å². The molecule has 0 unspecified atom stereocenters. The van der Waals surface area contributed by atoms with E-state index in [9.17, 15) is 5.11 Å². The summed E-state index contributed by atoms with van der Waals surface area (Å²) in [7, 11) is 3.80. The number of ether oxygens (including phenoxy) is 3. The topological polar surface area (TPSA) is 51.2 Å². The molecule has 1 N–H and O–H groups in total. The minimum absolute atomic E-state index is 0.0873. The maximum atomic E-state index is 11.1. The minimum Gasteiger partial charge on any atom is -0.389 e. The van der Waals surface area contributed by atoms with Crippen molar-refractivity contribution in [3.8, 4) is 0 Å². The van der Waals surface area contributed by atoms with E-state index in [2.05, 4.69) is 67.4 Å². The molecule has 5 heteroatoms. The second kappa shape index (κ2) is 30.2. The lowest BCUT2D eigenvalue weighted by atomic mass is 9.98. The van der Waals surface area contributed by atoms with Crippen LogP contribution in [0.4, 0.5) is 0 Å². The Morgan fingerprint density at radius 1 is 0.560 bits per heavy atom. The molecule has 0 bridgehead atoms. The van der Waals surface area contributed by atoms with Crippen molar-refractivity contribution in [3.63, 3.8) is 0 Å². The summed E-state index contributed by atoms with van der Waals surface area (Å²) in [6.45, 7) is 5.87. The molecule has 0 aromatic rings. The lowest BCUT2D eigenvalue weighted by molar-refractivity contribution is -0.202. The van der Waals surface area contributed by atoms with Gasteiger partial charge in [0.25, 0.3) is 0 Å². The molecule has 0 aromatic heterocycles. The second-order valence-corrected chi connectivity index (χ2v) is 15.3. The molecule has 5 nitrogen and oxygen atoms in total. The normalized spacial score (nSPS) is 24.8. The summed E-state index contributed by atoms with van der Waals surface area (Å²) >= 11 is 0. The SMILES string of the molecule is CCCCCC=CCC=CCCCCCCCCC1(CCCCCCCCC=CCC=CCCCCC)O[C@@H]2[C@H](O1)[C@@H](OC)CN(C)C[C@H]2O. The number of methoxy groups -OCH3 is 1. The Morgan fingerprint density at radius 2 is 0.960 bits per heavy atom. The van der Waals surface area contributed by atoms with E-state index < -0.39 is 11.9 Å². The highest BCUT2D eigenvalue weighted by Crippen LogP contribution is 2.41. The Kier molecular flexibility index (Phi) is 27.2. The molecule has 4 atom stereocenters. The first-order chi connectivity index (χ1) is 24.5. The van der Waals surface area contributed by atoms with Crippen LogP contribution in [0.3, 0.4) is 0 Å². The van der Waals surface area contributed by atoms with Gasteiger partial charge in [0.1, 0.15) is 12.2 Å². The number of aliphatic hydroxyl groups excluding tert-OH is 1. The summed E-state index contributed by atoms with van der Waals surface area (Å²) in [5.41, 5.74) is 0. The first-order valence-electron chi connectivity index (χ1n) is 21.4. The number of likely N-dealkylation sites (N-methyl/N-ethyl adjacent to an activating group) is 1. The molecule has 0 aromatic carbocycles. The van der Waals surface area contributed by atoms with Gasteiger partial charge < -0.3 is 24.2 Å². The van der Waals surface area contributed by atoms with Gasteiger partial charge in [-0.25, -0.2) is 0 Å². The molecule has 0 amide bonds. The van der Waals surface area contributed by atoms with Crippen molar-refractivity contribution in [2.75, 3.05) is 27.2 Å². The molecule has 2 heterocycles. The summed E-state index contributed by atoms with van der Waals surface area (Å²) in [4.78, 5) is 2.14. The van der Waals surface area contributed by atoms with Crippen LogP contribution in [-0.4, -0.2) is 67.5 Å². The van der Waals surface area contributed by atoms with Crippen molar-refractivity contribution < 1.29 is 19.3 Å². The van der Waals surface area contributed by atoms with Gasteiger partial charge in [-0.05, 0) is 84.1 Å². The molecular weight excluding hydrogens is 618 g/mol. The number of aliphatic hydroxyl groups is 1. The van der Waals surface area contributed by atoms with Crippen molar-refractivity contribution in [3.05, 3.63) is 48.6 Å². The zero-order valence-corrected chi connectivity index (χ0v) is 33.3. The van der Waals surface area contributed by atoms with Crippen LogP contribution in [0.2, 0.25) is 0 Å². The molecule has 0 radical (unpaired) electrons. The number of unbranched alkanes of at least 4 members (excludes halogenated alkanes) is 18. The van der Waals surface area contributed by atoms with E-state index in [1.54, 1.807) is 7.11 Å². The number of allylic oxidation sites excluding steroid dienone is 8. The van der Waals surface area contributed by atoms with E-state index in [1.165, 1.54) is 128 Å². The van der Waals surface area contributed by atoms with Crippen LogP contribution in [-0.2, 0) is 14.2 Å². The highest BCUT2D eigenvalue weighted by molar-refractivity contribution is 4.98. The predicted molar refractivity (Wildman–Crippen MR) is 215 cm³/mol. The maximum Gasteiger partial charge on any atom is 0.169 e. The summed E-state index contributed by atoms with van der Waals surface area (Å²) < 4.78 is 19.5. The van der Waals surface area contributed by atoms with E-state index in [4.69, 9.17) is 14.2 Å². The lowest BCUT2D eigenvalue weighted by Gasteiger charge is -2.31. The summed E-state index contributed by atoms with van der Waals surface area (Å²) in [6.07, 6.45) is 49.3. The fraction of sp³-hybridized carbons (Fsp3) is 0.822. The molecule has 50 heavy (non-hydrogen) atoms. The third-order valence-corrected chi connectivity index (χ3v) is 10.6. The number of nitrogens with zero attached hydrogens (tertiary/aromatic N) is 1. The quantitative estimate of drug-likeness (QED) is 0.0576. The number of hydrogen-bond donors (Lipinski definition) is 1. The van der Waals surface area contributed by atoms with Crippen LogP contribution < -0.4 is 0 Å². The van der Waals surface area contributed by atoms with Crippen molar-refractivity contribution in [1.29, 1.82) is 0 Å². The van der Waals surface area contributed by atoms with Crippen LogP contribution in [0.5, 0.6) is 0 Å². The highest BCUT2D eigenvalue weighted by Gasteiger charge is 2.53. The van der Waals surface area contributed by atoms with Gasteiger partial charge in [-0.15, -0.1) is 0 Å². The molecule has 2 rings (SSSR count). The van der Waals surface area contributed by atoms with E-state index >= 15 is 0 Å². The van der Waals surface area contributed by atoms with Crippen LogP contribution in [0.15, 0.2) is 48.6 Å². The summed E-state index contributed by atoms with van der Waals surface area (Å²) in [5, 5.41) is 11.1. The average Bonchev–Trinajstić information content (AvgIpc) is 3.45. The number of rotatable bonds is 31. The third-order valence-electron chi connectivity index (χ3n) is 10.6. The van der Waals surface area contributed by atoms with Gasteiger partial charge in [-0.3, -0.25) is 0 Å². The van der Waals surface area contributed by atoms with E-state index in [-0.39, 0.29) is 18.3 Å². The van der Waals surface area contributed by atoms with Gasteiger partial charge in [0.2, 0.25) is 0 Å². The Morgan fingerprint density at radius 3 is 1.40 bits per heavy atom. The number of likely N-dealkylation sites (tertiary alicyclic amines) is 1. The monoisotopic (exact) mass is 700 g/mol. The van der Waals surface area contributed by atoms with E-state index in [0.717, 1.165) is 45.1 Å². The first kappa shape index (κ1) is 44.9. The fourth-order valence-electron chi connectivity index (χ4n) is 7.49. The first-order valence-corrected chi connectivity index (χ1v) is 21.4. The zero-order chi connectivity index (χ0) is 36.0. The van der Waals surface area contributed by atoms with Crippen molar-refractivity contribution in [1.82, 2.24) is 4.90 Å². The molecule has 2 fully saturated rings. The van der Waals surface area contributed by atoms with Crippen molar-refractivity contribution >= 4 is 0 Å². The molecular formula is C45H81NO4. The minimum atomic E-state index is -0.590. The van der Waals surface area contributed by atoms with Crippen LogP contribution in [0, 0.1) is 0 Å². The smallest absolute Gasteiger partial charge is 0.169 e. The van der Waals surface area contributed by atoms with Gasteiger partial charge >= 0.3 is 0 Å². The standard InChI is InChI=1S/C45H81NO4/c1-5-7-9-11-13-15-17-19-21-23-25-27-29-31-33-35-37-45(49-43-41(47)39-46(3)40-42(48-4)44(43)50-45)38-36-34-32-30-28-26-24-22-20-18-16-14-12-10-8-6-2/h13-16,19-22,41-44,47H,5-12,17-18,23-40H2,1-4H3/t41-,42+,43+,44-,45?/m1/s1. The molecule has 0 spiro atoms. The van der Waals surface area contributed by atoms with Crippen molar-refractivity contribution in [2.45, 2.75) is 211 Å². The molecule has 2 aliphatic heterocycles. The highest BCUT2D eigenvalue weighted by atomic mass is 16.8. The van der Waals surface area contributed by atoms with Crippen LogP contribution in [0.25, 0.3) is 0 Å². The maximum absolute atomic E-state index is 11.1. The van der Waals surface area contributed by atoms with Gasteiger partial charge in [-0.1, -0.05) is 140 Å². The van der Waals surface area contributed by atoms with Crippen molar-refractivity contribution in [2.24, 2.45) is 0 Å². The number of fused-ring (bicyclic) bond motifs is 1. The van der Waals surface area contributed by atoms with E-state index in [1.807, 2.05) is 7.05 Å². The van der Waals surface area contributed by atoms with Gasteiger partial charge in [0.15, 0.2) is 5.79 Å². The van der Waals surface area contributed by atoms with Gasteiger partial charge in [-0.2, -0.15) is 0 Å². The lowest BCUT2D eigenvalue weighted by Crippen LogP contribution is -2.42. The molecule has 2 saturated heterocycles. The summed E-state index contributed by atoms with van der Waals surface area (Å²) in [6, 6.07) is 0. The van der Waals surface area contributed by atoms with Gasteiger partial charge in [0.05, 0.1) is 12.2 Å². The largest absolute Gasteiger partial charge is 0.389 e. The zero-order valence-electron chi connectivity index (χ0n) is 33.3. The fourth-order valence-corrected chi connectivity index (χ4v) is 7.49. The Balaban J connectivity index is 1.67. The van der Waals surface area contributed by atoms with Crippen LogP contribution in [0.1, 0.15) is 181 Å². The molecule has 290 valence electrons. The molecule has 0 saturated carbocycles. The average molecular weight is 700 g/mol. The Bertz CT molecular complexity index is 850. The second-order valence-electron chi connectivity index (χ2n) is 15.3. The Hall–Kier alpha value is -1.24. The number of hydrogen-bond acceptors (Lipinski definition) is 5. The predicted octanol–water partition coefficient (Wildman–Crippen LogP) is 12.2. The number of β-amino-alcohol motifs (C(OH)–C–C–N with tert-alkyl or cyclic N) is 1. The summed E-state index contributed by atoms with van der Waals surface area (Å²) in [5.74, 6) is -0.590. The van der Waals surface area contributed by atoms with Crippen LogP contribution >= 0.6 is 0 Å². The molecule has 2 aliphatic rings.